The number of aromatic nitrogens is 1. The van der Waals surface area contributed by atoms with E-state index in [2.05, 4.69) is 5.32 Å². The number of rotatable bonds is 4. The third-order valence-electron chi connectivity index (χ3n) is 6.37. The van der Waals surface area contributed by atoms with E-state index in [0.717, 1.165) is 46.8 Å². The number of carbonyl (C=O) groups excluding carboxylic acids is 3. The van der Waals surface area contributed by atoms with Gasteiger partial charge in [-0.25, -0.2) is 9.78 Å². The predicted octanol–water partition coefficient (Wildman–Crippen LogP) is 4.56. The molecule has 0 saturated heterocycles. The van der Waals surface area contributed by atoms with Crippen molar-refractivity contribution in [1.29, 1.82) is 0 Å². The number of nitrogens with one attached hydrogen (secondary N) is 1. The Morgan fingerprint density at radius 2 is 1.77 bits per heavy atom. The summed E-state index contributed by atoms with van der Waals surface area (Å²) in [4.78, 5) is 44.4. The van der Waals surface area contributed by atoms with Crippen LogP contribution >= 0.6 is 11.3 Å². The summed E-state index contributed by atoms with van der Waals surface area (Å²) in [6.07, 6.45) is 3.41. The molecule has 1 aromatic carbocycles. The molecular weight excluding hydrogens is 466 g/mol. The van der Waals surface area contributed by atoms with Crippen molar-refractivity contribution in [2.45, 2.75) is 71.1 Å². The summed E-state index contributed by atoms with van der Waals surface area (Å²) in [5, 5.41) is 3.97. The number of methoxy groups -OCH3 is 1. The third-order valence-corrected chi connectivity index (χ3v) is 7.51. The Balaban J connectivity index is 1.35. The smallest absolute Gasteiger partial charge is 0.410 e. The van der Waals surface area contributed by atoms with Crippen molar-refractivity contribution >= 4 is 29.3 Å². The van der Waals surface area contributed by atoms with Gasteiger partial charge in [0.1, 0.15) is 10.6 Å². The molecule has 1 fully saturated rings. The standard InChI is InChI=1S/C26H33N3O5S/c1-26(2,3)34-25(32)29-14-13-20-21(15-29)35-23(28-20)17-7-5-16(6-8-17)22(30)27-19-11-9-18(10-12-19)24(31)33-4/h5-8,18-19H,9-15H2,1-4H3,(H,27,30). The molecule has 0 atom stereocenters. The summed E-state index contributed by atoms with van der Waals surface area (Å²) in [5.74, 6) is -0.330. The van der Waals surface area contributed by atoms with Crippen LogP contribution in [0.25, 0.3) is 10.6 Å². The monoisotopic (exact) mass is 499 g/mol. The molecule has 4 rings (SSSR count). The number of ether oxygens (including phenoxy) is 2. The van der Waals surface area contributed by atoms with Crippen molar-refractivity contribution in [2.75, 3.05) is 13.7 Å². The molecule has 0 bridgehead atoms. The van der Waals surface area contributed by atoms with Crippen molar-refractivity contribution in [3.63, 3.8) is 0 Å². The molecular formula is C26H33N3O5S. The quantitative estimate of drug-likeness (QED) is 0.619. The molecule has 1 aliphatic heterocycles. The molecule has 2 aromatic rings. The van der Waals surface area contributed by atoms with Crippen LogP contribution in [0.5, 0.6) is 0 Å². The molecule has 9 heteroatoms. The van der Waals surface area contributed by atoms with E-state index < -0.39 is 5.60 Å². The van der Waals surface area contributed by atoms with Crippen LogP contribution in [0.4, 0.5) is 4.79 Å². The van der Waals surface area contributed by atoms with E-state index in [1.54, 1.807) is 16.2 Å². The van der Waals surface area contributed by atoms with Crippen LogP contribution in [0, 0.1) is 5.92 Å². The summed E-state index contributed by atoms with van der Waals surface area (Å²) in [6, 6.07) is 7.54. The number of benzene rings is 1. The highest BCUT2D eigenvalue weighted by Crippen LogP contribution is 2.32. The zero-order chi connectivity index (χ0) is 25.2. The van der Waals surface area contributed by atoms with Crippen LogP contribution in [0.2, 0.25) is 0 Å². The number of hydrogen-bond donors (Lipinski definition) is 1. The topological polar surface area (TPSA) is 97.8 Å². The van der Waals surface area contributed by atoms with E-state index in [4.69, 9.17) is 14.5 Å². The van der Waals surface area contributed by atoms with Crippen LogP contribution in [0.15, 0.2) is 24.3 Å². The summed E-state index contributed by atoms with van der Waals surface area (Å²) in [5.41, 5.74) is 2.05. The SMILES string of the molecule is COC(=O)C1CCC(NC(=O)c2ccc(-c3nc4c(s3)CN(C(=O)OC(C)(C)C)CC4)cc2)CC1. The van der Waals surface area contributed by atoms with Crippen LogP contribution in [0.1, 0.15) is 67.4 Å². The number of fused-ring (bicyclic) bond motifs is 1. The molecule has 1 aromatic heterocycles. The zero-order valence-corrected chi connectivity index (χ0v) is 21.6. The second kappa shape index (κ2) is 10.4. The van der Waals surface area contributed by atoms with Crippen LogP contribution < -0.4 is 5.32 Å². The molecule has 0 spiro atoms. The molecule has 8 nitrogen and oxygen atoms in total. The van der Waals surface area contributed by atoms with E-state index >= 15 is 0 Å². The number of amides is 2. The number of nitrogens with zero attached hydrogens (tertiary/aromatic N) is 2. The molecule has 2 amide bonds. The molecule has 1 saturated carbocycles. The first kappa shape index (κ1) is 25.2. The molecule has 35 heavy (non-hydrogen) atoms. The fraction of sp³-hybridized carbons (Fsp3) is 0.538. The lowest BCUT2D eigenvalue weighted by Gasteiger charge is -2.29. The first-order chi connectivity index (χ1) is 16.6. The normalized spacial score (nSPS) is 20.1. The van der Waals surface area contributed by atoms with E-state index in [1.165, 1.54) is 7.11 Å². The van der Waals surface area contributed by atoms with Crippen LogP contribution in [-0.4, -0.2) is 53.2 Å². The lowest BCUT2D eigenvalue weighted by molar-refractivity contribution is -0.146. The highest BCUT2D eigenvalue weighted by Gasteiger charge is 2.29. The molecule has 0 unspecified atom stereocenters. The van der Waals surface area contributed by atoms with Gasteiger partial charge >= 0.3 is 12.1 Å². The number of hydrogen-bond acceptors (Lipinski definition) is 7. The van der Waals surface area contributed by atoms with Crippen molar-refractivity contribution in [3.8, 4) is 10.6 Å². The Morgan fingerprint density at radius 3 is 2.40 bits per heavy atom. The van der Waals surface area contributed by atoms with E-state index in [-0.39, 0.29) is 29.9 Å². The van der Waals surface area contributed by atoms with Gasteiger partial charge in [-0.3, -0.25) is 9.59 Å². The molecule has 1 aliphatic carbocycles. The highest BCUT2D eigenvalue weighted by molar-refractivity contribution is 7.15. The maximum atomic E-state index is 12.7. The van der Waals surface area contributed by atoms with E-state index in [9.17, 15) is 14.4 Å². The van der Waals surface area contributed by atoms with Crippen LogP contribution in [0.3, 0.4) is 0 Å². The van der Waals surface area contributed by atoms with Gasteiger partial charge in [-0.1, -0.05) is 12.1 Å². The summed E-state index contributed by atoms with van der Waals surface area (Å²) in [7, 11) is 1.42. The summed E-state index contributed by atoms with van der Waals surface area (Å²) >= 11 is 1.58. The fourth-order valence-corrected chi connectivity index (χ4v) is 5.60. The average Bonchev–Trinajstić information content (AvgIpc) is 3.26. The Morgan fingerprint density at radius 1 is 1.09 bits per heavy atom. The van der Waals surface area contributed by atoms with Crippen molar-refractivity contribution < 1.29 is 23.9 Å². The van der Waals surface area contributed by atoms with Gasteiger partial charge in [-0.2, -0.15) is 0 Å². The van der Waals surface area contributed by atoms with Gasteiger partial charge in [0, 0.05) is 35.0 Å². The molecule has 2 heterocycles. The predicted molar refractivity (Wildman–Crippen MR) is 133 cm³/mol. The first-order valence-electron chi connectivity index (χ1n) is 12.1. The van der Waals surface area contributed by atoms with Gasteiger partial charge in [0.05, 0.1) is 25.3 Å². The van der Waals surface area contributed by atoms with Crippen molar-refractivity contribution in [2.24, 2.45) is 5.92 Å². The van der Waals surface area contributed by atoms with Crippen molar-refractivity contribution in [3.05, 3.63) is 40.4 Å². The zero-order valence-electron chi connectivity index (χ0n) is 20.8. The van der Waals surface area contributed by atoms with Gasteiger partial charge in [-0.05, 0) is 58.6 Å². The van der Waals surface area contributed by atoms with Gasteiger partial charge in [0.25, 0.3) is 5.91 Å². The summed E-state index contributed by atoms with van der Waals surface area (Å²) < 4.78 is 10.3. The average molecular weight is 500 g/mol. The second-order valence-corrected chi connectivity index (χ2v) is 11.2. The minimum Gasteiger partial charge on any atom is -0.469 e. The maximum absolute atomic E-state index is 12.7. The van der Waals surface area contributed by atoms with Gasteiger partial charge in [-0.15, -0.1) is 11.3 Å². The first-order valence-corrected chi connectivity index (χ1v) is 12.9. The minimum absolute atomic E-state index is 0.0623. The Kier molecular flexibility index (Phi) is 7.44. The Bertz CT molecular complexity index is 1080. The second-order valence-electron chi connectivity index (χ2n) is 10.2. The number of esters is 1. The third kappa shape index (κ3) is 6.20. The largest absolute Gasteiger partial charge is 0.469 e. The molecule has 2 aliphatic rings. The van der Waals surface area contributed by atoms with Gasteiger partial charge in [0.2, 0.25) is 0 Å². The highest BCUT2D eigenvalue weighted by atomic mass is 32.1. The summed E-state index contributed by atoms with van der Waals surface area (Å²) in [6.45, 7) is 6.69. The maximum Gasteiger partial charge on any atom is 0.410 e. The molecule has 0 radical (unpaired) electrons. The lowest BCUT2D eigenvalue weighted by Crippen LogP contribution is -2.39. The van der Waals surface area contributed by atoms with Gasteiger partial charge < -0.3 is 19.7 Å². The van der Waals surface area contributed by atoms with E-state index in [1.807, 2.05) is 45.0 Å². The number of thiazole rings is 1. The molecule has 188 valence electrons. The van der Waals surface area contributed by atoms with Gasteiger partial charge in [0.15, 0.2) is 0 Å². The molecule has 1 N–H and O–H groups in total. The van der Waals surface area contributed by atoms with E-state index in [0.29, 0.717) is 25.1 Å². The minimum atomic E-state index is -0.521. The van der Waals surface area contributed by atoms with Crippen molar-refractivity contribution in [1.82, 2.24) is 15.2 Å². The number of carbonyl (C=O) groups is 3. The van der Waals surface area contributed by atoms with Crippen LogP contribution in [-0.2, 0) is 27.2 Å². The fourth-order valence-electron chi connectivity index (χ4n) is 4.47. The Labute approximate surface area is 210 Å². The Hall–Kier alpha value is -2.94. The lowest BCUT2D eigenvalue weighted by atomic mass is 9.86.